The molecule has 146 valence electrons. The number of nitrogens with zero attached hydrogens (tertiary/aromatic N) is 4. The number of amides is 1. The average molecular weight is 390 g/mol. The van der Waals surface area contributed by atoms with E-state index in [1.807, 2.05) is 35.8 Å². The molecule has 1 aliphatic rings. The lowest BCUT2D eigenvalue weighted by molar-refractivity contribution is -0.118. The van der Waals surface area contributed by atoms with E-state index < -0.39 is 5.91 Å². The van der Waals surface area contributed by atoms with Crippen LogP contribution < -0.4 is 11.3 Å². The molecule has 3 aromatic rings. The first-order valence-electron chi connectivity index (χ1n) is 9.35. The van der Waals surface area contributed by atoms with E-state index in [0.29, 0.717) is 5.52 Å². The maximum atomic E-state index is 12.4. The Balaban J connectivity index is 0.000000253. The van der Waals surface area contributed by atoms with Gasteiger partial charge in [0.2, 0.25) is 5.91 Å². The van der Waals surface area contributed by atoms with Gasteiger partial charge in [0.25, 0.3) is 5.56 Å². The van der Waals surface area contributed by atoms with Crippen molar-refractivity contribution in [2.45, 2.75) is 45.6 Å². The van der Waals surface area contributed by atoms with Crippen LogP contribution in [0.1, 0.15) is 44.9 Å². The molecule has 7 nitrogen and oxygen atoms in total. The second-order valence-electron chi connectivity index (χ2n) is 7.35. The number of hydrogen-bond donors (Lipinski definition) is 1. The number of carbonyl (C=O) groups is 1. The number of carbonyl (C=O) groups excluding carboxylic acids is 1. The van der Waals surface area contributed by atoms with Crippen LogP contribution in [0.25, 0.3) is 15.7 Å². The Morgan fingerprint density at radius 1 is 1.30 bits per heavy atom. The number of likely N-dealkylation sites (tertiary alicyclic amines) is 1. The first-order valence-corrected chi connectivity index (χ1v) is 10.2. The number of nitrogens with two attached hydrogens (primary N) is 1. The molecule has 3 aromatic heterocycles. The lowest BCUT2D eigenvalue weighted by Crippen LogP contribution is -2.32. The molecular formula is C19H27N5O2S. The molecule has 0 aliphatic carbocycles. The molecule has 0 saturated carbocycles. The van der Waals surface area contributed by atoms with Crippen LogP contribution in [-0.4, -0.2) is 45.1 Å². The zero-order valence-electron chi connectivity index (χ0n) is 16.1. The summed E-state index contributed by atoms with van der Waals surface area (Å²) in [6, 6.07) is 3.80. The number of piperidine rings is 1. The minimum absolute atomic E-state index is 0.120. The molecule has 2 N–H and O–H groups in total. The normalized spacial score (nSPS) is 15.3. The van der Waals surface area contributed by atoms with Crippen LogP contribution >= 0.6 is 11.3 Å². The zero-order chi connectivity index (χ0) is 19.6. The Hall–Kier alpha value is -2.19. The largest absolute Gasteiger partial charge is 0.368 e. The lowest BCUT2D eigenvalue weighted by Gasteiger charge is -2.20. The standard InChI is InChI=1S/C13H14N4O2S.C6H13N/c1-7(2)11-15-16(6-10(14)18)12(19)9-5-8-3-4-20-13(8)17(9)11;1-7-5-3-2-4-6-7/h3-5,7H,6H2,1-2H3,(H2,14,18);2-6H2,1H3. The monoisotopic (exact) mass is 389 g/mol. The molecule has 0 unspecified atom stereocenters. The van der Waals surface area contributed by atoms with Crippen molar-refractivity contribution in [1.82, 2.24) is 19.1 Å². The summed E-state index contributed by atoms with van der Waals surface area (Å²) in [4.78, 5) is 26.9. The van der Waals surface area contributed by atoms with Crippen LogP contribution in [0.4, 0.5) is 0 Å². The summed E-state index contributed by atoms with van der Waals surface area (Å²) in [6.07, 6.45) is 4.28. The molecular weight excluding hydrogens is 362 g/mol. The third kappa shape index (κ3) is 4.22. The van der Waals surface area contributed by atoms with E-state index in [0.717, 1.165) is 20.7 Å². The summed E-state index contributed by atoms with van der Waals surface area (Å²) in [5.41, 5.74) is 5.41. The number of primary amides is 1. The quantitative estimate of drug-likeness (QED) is 0.745. The molecule has 4 heterocycles. The van der Waals surface area contributed by atoms with Gasteiger partial charge in [0.05, 0.1) is 0 Å². The second-order valence-corrected chi connectivity index (χ2v) is 8.25. The summed E-state index contributed by atoms with van der Waals surface area (Å²) < 4.78 is 3.03. The predicted octanol–water partition coefficient (Wildman–Crippen LogP) is 2.42. The van der Waals surface area contributed by atoms with E-state index in [1.54, 1.807) is 11.3 Å². The fraction of sp³-hybridized carbons (Fsp3) is 0.526. The maximum absolute atomic E-state index is 12.4. The number of aromatic nitrogens is 3. The van der Waals surface area contributed by atoms with Gasteiger partial charge in [0.15, 0.2) is 0 Å². The highest BCUT2D eigenvalue weighted by molar-refractivity contribution is 7.16. The van der Waals surface area contributed by atoms with Crippen molar-refractivity contribution >= 4 is 33.0 Å². The van der Waals surface area contributed by atoms with E-state index in [2.05, 4.69) is 17.0 Å². The maximum Gasteiger partial charge on any atom is 0.291 e. The second kappa shape index (κ2) is 8.22. The first-order chi connectivity index (χ1) is 12.9. The summed E-state index contributed by atoms with van der Waals surface area (Å²) in [6.45, 7) is 6.44. The average Bonchev–Trinajstić information content (AvgIpc) is 3.19. The van der Waals surface area contributed by atoms with Gasteiger partial charge in [-0.05, 0) is 50.5 Å². The Bertz CT molecular complexity index is 995. The van der Waals surface area contributed by atoms with Gasteiger partial charge >= 0.3 is 0 Å². The molecule has 0 atom stereocenters. The minimum Gasteiger partial charge on any atom is -0.368 e. The molecule has 4 rings (SSSR count). The molecule has 1 aliphatic heterocycles. The van der Waals surface area contributed by atoms with Gasteiger partial charge < -0.3 is 10.6 Å². The summed E-state index contributed by atoms with van der Waals surface area (Å²) in [5, 5.41) is 7.30. The van der Waals surface area contributed by atoms with Crippen molar-refractivity contribution in [1.29, 1.82) is 0 Å². The van der Waals surface area contributed by atoms with E-state index in [-0.39, 0.29) is 18.0 Å². The smallest absolute Gasteiger partial charge is 0.291 e. The van der Waals surface area contributed by atoms with E-state index in [9.17, 15) is 9.59 Å². The van der Waals surface area contributed by atoms with Crippen LogP contribution in [-0.2, 0) is 11.3 Å². The van der Waals surface area contributed by atoms with Gasteiger partial charge in [-0.1, -0.05) is 20.3 Å². The predicted molar refractivity (Wildman–Crippen MR) is 109 cm³/mol. The highest BCUT2D eigenvalue weighted by Crippen LogP contribution is 2.26. The van der Waals surface area contributed by atoms with Crippen molar-refractivity contribution in [3.8, 4) is 0 Å². The highest BCUT2D eigenvalue weighted by atomic mass is 32.1. The number of fused-ring (bicyclic) bond motifs is 3. The summed E-state index contributed by atoms with van der Waals surface area (Å²) in [7, 11) is 2.19. The third-order valence-electron chi connectivity index (χ3n) is 4.72. The van der Waals surface area contributed by atoms with Gasteiger partial charge in [-0.25, -0.2) is 4.68 Å². The van der Waals surface area contributed by atoms with Gasteiger partial charge in [0, 0.05) is 11.3 Å². The lowest BCUT2D eigenvalue weighted by atomic mass is 10.1. The van der Waals surface area contributed by atoms with Crippen LogP contribution in [0.3, 0.4) is 0 Å². The van der Waals surface area contributed by atoms with Gasteiger partial charge in [-0.3, -0.25) is 14.0 Å². The molecule has 0 radical (unpaired) electrons. The molecule has 27 heavy (non-hydrogen) atoms. The molecule has 1 saturated heterocycles. The molecule has 0 bridgehead atoms. The highest BCUT2D eigenvalue weighted by Gasteiger charge is 2.17. The molecule has 8 heteroatoms. The van der Waals surface area contributed by atoms with E-state index in [4.69, 9.17) is 5.73 Å². The van der Waals surface area contributed by atoms with Gasteiger partial charge in [0.1, 0.15) is 22.7 Å². The van der Waals surface area contributed by atoms with Gasteiger partial charge in [-0.2, -0.15) is 5.10 Å². The summed E-state index contributed by atoms with van der Waals surface area (Å²) in [5.74, 6) is 0.292. The fourth-order valence-electron chi connectivity index (χ4n) is 3.34. The van der Waals surface area contributed by atoms with E-state index in [1.165, 1.54) is 32.4 Å². The Kier molecular flexibility index (Phi) is 5.96. The third-order valence-corrected chi connectivity index (χ3v) is 5.63. The van der Waals surface area contributed by atoms with Crippen LogP contribution in [0.2, 0.25) is 0 Å². The summed E-state index contributed by atoms with van der Waals surface area (Å²) >= 11 is 1.57. The van der Waals surface area contributed by atoms with Crippen LogP contribution in [0.15, 0.2) is 22.3 Å². The Labute approximate surface area is 162 Å². The van der Waals surface area contributed by atoms with Crippen molar-refractivity contribution in [2.75, 3.05) is 20.1 Å². The Morgan fingerprint density at radius 2 is 2.00 bits per heavy atom. The first kappa shape index (κ1) is 19.6. The molecule has 0 aromatic carbocycles. The molecule has 1 fully saturated rings. The molecule has 1 amide bonds. The SMILES string of the molecule is CC(C)c1nn(CC(N)=O)c(=O)c2cc3ccsc3n12.CN1CCCCC1. The van der Waals surface area contributed by atoms with Gasteiger partial charge in [-0.15, -0.1) is 11.3 Å². The number of rotatable bonds is 3. The Morgan fingerprint density at radius 3 is 2.56 bits per heavy atom. The van der Waals surface area contributed by atoms with Crippen molar-refractivity contribution in [2.24, 2.45) is 5.73 Å². The topological polar surface area (TPSA) is 85.6 Å². The van der Waals surface area contributed by atoms with Crippen molar-refractivity contribution < 1.29 is 4.79 Å². The fourth-order valence-corrected chi connectivity index (χ4v) is 4.24. The number of hydrogen-bond acceptors (Lipinski definition) is 5. The van der Waals surface area contributed by atoms with Crippen LogP contribution in [0, 0.1) is 0 Å². The van der Waals surface area contributed by atoms with E-state index >= 15 is 0 Å². The minimum atomic E-state index is -0.577. The molecule has 0 spiro atoms. The van der Waals surface area contributed by atoms with Crippen LogP contribution in [0.5, 0.6) is 0 Å². The number of thiophene rings is 1. The van der Waals surface area contributed by atoms with Crippen molar-refractivity contribution in [3.05, 3.63) is 33.7 Å². The van der Waals surface area contributed by atoms with Crippen molar-refractivity contribution in [3.63, 3.8) is 0 Å². The zero-order valence-corrected chi connectivity index (χ0v) is 17.0.